The summed E-state index contributed by atoms with van der Waals surface area (Å²) in [6, 6.07) is 9.12. The number of rotatable bonds is 11. The summed E-state index contributed by atoms with van der Waals surface area (Å²) in [6.07, 6.45) is 2.59. The summed E-state index contributed by atoms with van der Waals surface area (Å²) in [7, 11) is 3.13. The van der Waals surface area contributed by atoms with Crippen LogP contribution in [-0.4, -0.2) is 38.7 Å². The van der Waals surface area contributed by atoms with E-state index in [9.17, 15) is 4.79 Å². The molecule has 6 nitrogen and oxygen atoms in total. The molecule has 2 rings (SSSR count). The molecule has 2 aromatic rings. The van der Waals surface area contributed by atoms with Crippen LogP contribution in [0.4, 0.5) is 0 Å². The third-order valence-electron chi connectivity index (χ3n) is 4.01. The maximum atomic E-state index is 12.3. The largest absolute Gasteiger partial charge is 0.493 e. The molecule has 0 saturated carbocycles. The van der Waals surface area contributed by atoms with Gasteiger partial charge >= 0.3 is 0 Å². The van der Waals surface area contributed by atoms with E-state index < -0.39 is 0 Å². The number of halogens is 1. The Morgan fingerprint density at radius 1 is 1.17 bits per heavy atom. The number of ether oxygens (including phenoxy) is 3. The first-order valence-electron chi connectivity index (χ1n) is 9.64. The highest BCUT2D eigenvalue weighted by Gasteiger charge is 2.14. The van der Waals surface area contributed by atoms with Crippen molar-refractivity contribution in [2.75, 3.05) is 26.6 Å². The zero-order valence-electron chi connectivity index (χ0n) is 17.7. The number of carbonyl (C=O) groups is 1. The fourth-order valence-corrected chi connectivity index (χ4v) is 3.68. The lowest BCUT2D eigenvalue weighted by atomic mass is 10.1. The van der Waals surface area contributed by atoms with Gasteiger partial charge < -0.3 is 14.2 Å². The van der Waals surface area contributed by atoms with Crippen LogP contribution in [0.3, 0.4) is 0 Å². The third kappa shape index (κ3) is 6.85. The Balaban J connectivity index is 2.09. The van der Waals surface area contributed by atoms with E-state index in [-0.39, 0.29) is 12.3 Å². The lowest BCUT2D eigenvalue weighted by Gasteiger charge is -2.14. The van der Waals surface area contributed by atoms with Crippen LogP contribution < -0.4 is 19.6 Å². The van der Waals surface area contributed by atoms with E-state index in [1.165, 1.54) is 6.21 Å². The Morgan fingerprint density at radius 2 is 1.87 bits per heavy atom. The summed E-state index contributed by atoms with van der Waals surface area (Å²) in [4.78, 5) is 13.4. The highest BCUT2D eigenvalue weighted by atomic mass is 35.5. The second-order valence-corrected chi connectivity index (χ2v) is 8.00. The summed E-state index contributed by atoms with van der Waals surface area (Å²) in [5.74, 6) is 2.31. The van der Waals surface area contributed by atoms with Crippen LogP contribution in [0.15, 0.2) is 40.3 Å². The number of thioether (sulfide) groups is 1. The monoisotopic (exact) mass is 450 g/mol. The number of amides is 1. The molecular formula is C22H27ClN2O4S. The third-order valence-corrected chi connectivity index (χ3v) is 5.24. The van der Waals surface area contributed by atoms with Crippen LogP contribution in [0.25, 0.3) is 0 Å². The van der Waals surface area contributed by atoms with E-state index in [2.05, 4.69) is 17.5 Å². The molecule has 0 atom stereocenters. The van der Waals surface area contributed by atoms with Gasteiger partial charge in [-0.25, -0.2) is 5.43 Å². The molecule has 0 fully saturated rings. The molecule has 8 heteroatoms. The van der Waals surface area contributed by atoms with Gasteiger partial charge in [0, 0.05) is 15.5 Å². The Kier molecular flexibility index (Phi) is 9.83. The van der Waals surface area contributed by atoms with Crippen molar-refractivity contribution in [3.63, 3.8) is 0 Å². The Hall–Kier alpha value is -2.38. The molecule has 30 heavy (non-hydrogen) atoms. The minimum Gasteiger partial charge on any atom is -0.493 e. The van der Waals surface area contributed by atoms with E-state index in [0.717, 1.165) is 22.6 Å². The van der Waals surface area contributed by atoms with Crippen LogP contribution >= 0.6 is 23.4 Å². The van der Waals surface area contributed by atoms with E-state index >= 15 is 0 Å². The summed E-state index contributed by atoms with van der Waals surface area (Å²) in [6.45, 7) is 4.64. The highest BCUT2D eigenvalue weighted by molar-refractivity contribution is 7.99. The van der Waals surface area contributed by atoms with Crippen LogP contribution in [-0.2, 0) is 11.2 Å². The van der Waals surface area contributed by atoms with Gasteiger partial charge in [-0.05, 0) is 48.1 Å². The molecule has 0 heterocycles. The topological polar surface area (TPSA) is 69.2 Å². The fraction of sp³-hybridized carbons (Fsp3) is 0.364. The summed E-state index contributed by atoms with van der Waals surface area (Å²) < 4.78 is 16.5. The average molecular weight is 451 g/mol. The van der Waals surface area contributed by atoms with Crippen molar-refractivity contribution in [1.29, 1.82) is 0 Å². The molecule has 0 unspecified atom stereocenters. The zero-order valence-corrected chi connectivity index (χ0v) is 19.2. The van der Waals surface area contributed by atoms with Crippen LogP contribution in [0.2, 0.25) is 5.02 Å². The molecule has 1 N–H and O–H groups in total. The molecule has 0 bridgehead atoms. The van der Waals surface area contributed by atoms with Crippen LogP contribution in [0, 0.1) is 0 Å². The minimum atomic E-state index is -0.228. The molecular weight excluding hydrogens is 424 g/mol. The number of nitrogens with zero attached hydrogens (tertiary/aromatic N) is 1. The number of nitrogens with one attached hydrogen (secondary N) is 1. The molecule has 162 valence electrons. The molecule has 0 radical (unpaired) electrons. The summed E-state index contributed by atoms with van der Waals surface area (Å²) in [5, 5.41) is 4.67. The number of hydrogen-bond acceptors (Lipinski definition) is 6. The van der Waals surface area contributed by atoms with Gasteiger partial charge in [0.25, 0.3) is 0 Å². The zero-order chi connectivity index (χ0) is 21.9. The quantitative estimate of drug-likeness (QED) is 0.298. The average Bonchev–Trinajstić information content (AvgIpc) is 2.74. The lowest BCUT2D eigenvalue weighted by molar-refractivity contribution is -0.120. The van der Waals surface area contributed by atoms with Gasteiger partial charge in [0.2, 0.25) is 11.7 Å². The van der Waals surface area contributed by atoms with Crippen molar-refractivity contribution < 1.29 is 19.0 Å². The maximum absolute atomic E-state index is 12.3. The number of hydrazone groups is 1. The number of benzene rings is 2. The Bertz CT molecular complexity index is 864. The molecule has 0 aliphatic carbocycles. The number of hydrogen-bond donors (Lipinski definition) is 1. The molecule has 0 saturated heterocycles. The lowest BCUT2D eigenvalue weighted by Crippen LogP contribution is -2.20. The van der Waals surface area contributed by atoms with Gasteiger partial charge in [0.15, 0.2) is 11.5 Å². The first kappa shape index (κ1) is 23.9. The van der Waals surface area contributed by atoms with Gasteiger partial charge in [0.1, 0.15) is 0 Å². The van der Waals surface area contributed by atoms with E-state index in [0.29, 0.717) is 34.4 Å². The molecule has 1 amide bonds. The predicted molar refractivity (Wildman–Crippen MR) is 123 cm³/mol. The van der Waals surface area contributed by atoms with E-state index in [4.69, 9.17) is 25.8 Å². The SMILES string of the molecule is CCCOc1c(OC)cc(/C=N\NC(=O)Cc2cc(Cl)ccc2SCC)cc1OC. The highest BCUT2D eigenvalue weighted by Crippen LogP contribution is 2.38. The van der Waals surface area contributed by atoms with Crippen LogP contribution in [0.1, 0.15) is 31.4 Å². The molecule has 2 aromatic carbocycles. The van der Waals surface area contributed by atoms with Crippen molar-refractivity contribution in [3.8, 4) is 17.2 Å². The van der Waals surface area contributed by atoms with Crippen molar-refractivity contribution in [1.82, 2.24) is 5.43 Å². The molecule has 0 aliphatic rings. The van der Waals surface area contributed by atoms with Crippen molar-refractivity contribution >= 4 is 35.5 Å². The van der Waals surface area contributed by atoms with Gasteiger partial charge in [-0.3, -0.25) is 4.79 Å². The minimum absolute atomic E-state index is 0.191. The number of methoxy groups -OCH3 is 2. The first-order chi connectivity index (χ1) is 14.5. The fourth-order valence-electron chi connectivity index (χ4n) is 2.69. The number of carbonyl (C=O) groups excluding carboxylic acids is 1. The second-order valence-electron chi connectivity index (χ2n) is 6.26. The van der Waals surface area contributed by atoms with Crippen molar-refractivity contribution in [2.24, 2.45) is 5.10 Å². The van der Waals surface area contributed by atoms with Gasteiger partial charge in [-0.2, -0.15) is 5.10 Å². The Labute approximate surface area is 186 Å². The van der Waals surface area contributed by atoms with Gasteiger partial charge in [-0.15, -0.1) is 11.8 Å². The molecule has 0 aliphatic heterocycles. The van der Waals surface area contributed by atoms with Crippen molar-refractivity contribution in [2.45, 2.75) is 31.6 Å². The second kappa shape index (κ2) is 12.3. The van der Waals surface area contributed by atoms with E-state index in [1.54, 1.807) is 38.1 Å². The molecule has 0 spiro atoms. The van der Waals surface area contributed by atoms with Crippen molar-refractivity contribution in [3.05, 3.63) is 46.5 Å². The van der Waals surface area contributed by atoms with E-state index in [1.807, 2.05) is 25.1 Å². The van der Waals surface area contributed by atoms with Gasteiger partial charge in [0.05, 0.1) is 33.5 Å². The molecule has 0 aromatic heterocycles. The Morgan fingerprint density at radius 3 is 2.47 bits per heavy atom. The standard InChI is InChI=1S/C22H27ClN2O4S/c1-5-9-29-22-18(27-3)10-15(11-19(22)28-4)14-24-25-21(26)13-16-12-17(23)7-8-20(16)30-6-2/h7-8,10-12,14H,5-6,9,13H2,1-4H3,(H,25,26)/b24-14-. The smallest absolute Gasteiger partial charge is 0.244 e. The summed E-state index contributed by atoms with van der Waals surface area (Å²) >= 11 is 7.75. The van der Waals surface area contributed by atoms with Gasteiger partial charge in [-0.1, -0.05) is 25.4 Å². The predicted octanol–water partition coefficient (Wildman–Crippen LogP) is 4.95. The van der Waals surface area contributed by atoms with Crippen LogP contribution in [0.5, 0.6) is 17.2 Å². The first-order valence-corrected chi connectivity index (χ1v) is 11.0. The normalized spacial score (nSPS) is 10.8. The summed E-state index contributed by atoms with van der Waals surface area (Å²) in [5.41, 5.74) is 4.14. The maximum Gasteiger partial charge on any atom is 0.244 e.